The third-order valence-corrected chi connectivity index (χ3v) is 3.29. The second-order valence-electron chi connectivity index (χ2n) is 4.95. The molecule has 19 heavy (non-hydrogen) atoms. The molecule has 0 spiro atoms. The van der Waals surface area contributed by atoms with Crippen LogP contribution in [0.1, 0.15) is 32.6 Å². The van der Waals surface area contributed by atoms with Gasteiger partial charge in [-0.3, -0.25) is 0 Å². The Hall–Kier alpha value is -1.42. The molecule has 1 aromatic rings. The Labute approximate surface area is 115 Å². The van der Waals surface area contributed by atoms with Gasteiger partial charge in [0.1, 0.15) is 5.75 Å². The van der Waals surface area contributed by atoms with Crippen molar-refractivity contribution in [2.24, 2.45) is 0 Å². The van der Waals surface area contributed by atoms with Gasteiger partial charge in [-0.1, -0.05) is 6.92 Å². The molecular formula is C15H24N2O2. The molecule has 3 N–H and O–H groups in total. The topological polar surface area (TPSA) is 56.5 Å². The Morgan fingerprint density at radius 2 is 2.37 bits per heavy atom. The van der Waals surface area contributed by atoms with Gasteiger partial charge in [-0.25, -0.2) is 0 Å². The van der Waals surface area contributed by atoms with Gasteiger partial charge in [0.2, 0.25) is 0 Å². The van der Waals surface area contributed by atoms with Crippen molar-refractivity contribution in [2.45, 2.75) is 38.7 Å². The van der Waals surface area contributed by atoms with Gasteiger partial charge < -0.3 is 20.5 Å². The van der Waals surface area contributed by atoms with Gasteiger partial charge in [0.25, 0.3) is 0 Å². The van der Waals surface area contributed by atoms with Gasteiger partial charge in [-0.05, 0) is 37.8 Å². The first-order chi connectivity index (χ1) is 9.29. The van der Waals surface area contributed by atoms with E-state index in [0.717, 1.165) is 37.4 Å². The fraction of sp³-hybridized carbons (Fsp3) is 0.600. The zero-order chi connectivity index (χ0) is 13.5. The minimum Gasteiger partial charge on any atom is -0.491 e. The smallest absolute Gasteiger partial charge is 0.144 e. The summed E-state index contributed by atoms with van der Waals surface area (Å²) >= 11 is 0. The van der Waals surface area contributed by atoms with Crippen molar-refractivity contribution in [1.82, 2.24) is 0 Å². The van der Waals surface area contributed by atoms with E-state index >= 15 is 0 Å². The predicted octanol–water partition coefficient (Wildman–Crippen LogP) is 3.04. The van der Waals surface area contributed by atoms with E-state index in [0.29, 0.717) is 18.4 Å². The molecule has 1 heterocycles. The maximum absolute atomic E-state index is 5.89. The first-order valence-corrected chi connectivity index (χ1v) is 7.17. The number of rotatable bonds is 7. The number of ether oxygens (including phenoxy) is 2. The predicted molar refractivity (Wildman–Crippen MR) is 78.7 cm³/mol. The SMILES string of the molecule is CCCOc1cc(NCCC2CCCO2)ccc1N. The normalized spacial score (nSPS) is 18.5. The Morgan fingerprint density at radius 1 is 1.47 bits per heavy atom. The molecule has 0 bridgehead atoms. The van der Waals surface area contributed by atoms with Crippen LogP contribution in [0.5, 0.6) is 5.75 Å². The highest BCUT2D eigenvalue weighted by atomic mass is 16.5. The molecule has 1 aromatic carbocycles. The maximum atomic E-state index is 5.89. The molecule has 1 atom stereocenters. The average Bonchev–Trinajstić information content (AvgIpc) is 2.92. The second-order valence-corrected chi connectivity index (χ2v) is 4.95. The highest BCUT2D eigenvalue weighted by Gasteiger charge is 2.14. The lowest BCUT2D eigenvalue weighted by molar-refractivity contribution is 0.107. The highest BCUT2D eigenvalue weighted by molar-refractivity contribution is 5.61. The Morgan fingerprint density at radius 3 is 3.11 bits per heavy atom. The standard InChI is InChI=1S/C15H24N2O2/c1-2-9-19-15-11-12(5-6-14(15)16)17-8-7-13-4-3-10-18-13/h5-6,11,13,17H,2-4,7-10,16H2,1H3. The number of hydrogen-bond acceptors (Lipinski definition) is 4. The van der Waals surface area contributed by atoms with Gasteiger partial charge in [-0.2, -0.15) is 0 Å². The minimum absolute atomic E-state index is 0.428. The van der Waals surface area contributed by atoms with Crippen LogP contribution in [0.4, 0.5) is 11.4 Å². The highest BCUT2D eigenvalue weighted by Crippen LogP contribution is 2.26. The Balaban J connectivity index is 1.81. The third-order valence-electron chi connectivity index (χ3n) is 3.29. The zero-order valence-corrected chi connectivity index (χ0v) is 11.7. The van der Waals surface area contributed by atoms with Crippen LogP contribution >= 0.6 is 0 Å². The lowest BCUT2D eigenvalue weighted by atomic mass is 10.2. The van der Waals surface area contributed by atoms with Crippen LogP contribution in [0.3, 0.4) is 0 Å². The van der Waals surface area contributed by atoms with E-state index in [2.05, 4.69) is 12.2 Å². The van der Waals surface area contributed by atoms with Gasteiger partial charge in [-0.15, -0.1) is 0 Å². The first-order valence-electron chi connectivity index (χ1n) is 7.17. The second kappa shape index (κ2) is 7.24. The van der Waals surface area contributed by atoms with Crippen LogP contribution < -0.4 is 15.8 Å². The van der Waals surface area contributed by atoms with Crippen molar-refractivity contribution in [2.75, 3.05) is 30.8 Å². The van der Waals surface area contributed by atoms with E-state index in [4.69, 9.17) is 15.2 Å². The van der Waals surface area contributed by atoms with Gasteiger partial charge in [0, 0.05) is 24.9 Å². The van der Waals surface area contributed by atoms with Crippen LogP contribution in [0, 0.1) is 0 Å². The largest absolute Gasteiger partial charge is 0.491 e. The summed E-state index contributed by atoms with van der Waals surface area (Å²) in [5.41, 5.74) is 7.63. The number of anilines is 2. The molecular weight excluding hydrogens is 240 g/mol. The molecule has 1 saturated heterocycles. The molecule has 0 aromatic heterocycles. The summed E-state index contributed by atoms with van der Waals surface area (Å²) in [6.45, 7) is 4.62. The molecule has 1 aliphatic heterocycles. The van der Waals surface area contributed by atoms with E-state index in [1.165, 1.54) is 12.8 Å². The maximum Gasteiger partial charge on any atom is 0.144 e. The summed E-state index contributed by atoms with van der Waals surface area (Å²) in [5, 5.41) is 3.40. The average molecular weight is 264 g/mol. The molecule has 0 aliphatic carbocycles. The van der Waals surface area contributed by atoms with Gasteiger partial charge >= 0.3 is 0 Å². The summed E-state index contributed by atoms with van der Waals surface area (Å²) in [6, 6.07) is 5.85. The summed E-state index contributed by atoms with van der Waals surface area (Å²) in [6.07, 6.45) is 4.85. The minimum atomic E-state index is 0.428. The van der Waals surface area contributed by atoms with Gasteiger partial charge in [0.05, 0.1) is 18.4 Å². The van der Waals surface area contributed by atoms with Gasteiger partial charge in [0.15, 0.2) is 0 Å². The molecule has 4 heteroatoms. The lowest BCUT2D eigenvalue weighted by Crippen LogP contribution is -2.12. The summed E-state index contributed by atoms with van der Waals surface area (Å²) in [7, 11) is 0. The quantitative estimate of drug-likeness (QED) is 0.743. The third kappa shape index (κ3) is 4.31. The summed E-state index contributed by atoms with van der Waals surface area (Å²) in [5.74, 6) is 0.768. The summed E-state index contributed by atoms with van der Waals surface area (Å²) < 4.78 is 11.2. The van der Waals surface area contributed by atoms with E-state index in [1.54, 1.807) is 0 Å². The van der Waals surface area contributed by atoms with Crippen molar-refractivity contribution in [1.29, 1.82) is 0 Å². The van der Waals surface area contributed by atoms with E-state index in [1.807, 2.05) is 18.2 Å². The molecule has 1 aliphatic rings. The van der Waals surface area contributed by atoms with E-state index in [9.17, 15) is 0 Å². The van der Waals surface area contributed by atoms with Crippen LogP contribution in [0.25, 0.3) is 0 Å². The van der Waals surface area contributed by atoms with Crippen LogP contribution in [0.15, 0.2) is 18.2 Å². The van der Waals surface area contributed by atoms with E-state index in [-0.39, 0.29) is 0 Å². The fourth-order valence-corrected chi connectivity index (χ4v) is 2.23. The zero-order valence-electron chi connectivity index (χ0n) is 11.7. The lowest BCUT2D eigenvalue weighted by Gasteiger charge is -2.13. The molecule has 1 fully saturated rings. The molecule has 0 amide bonds. The number of nitrogens with one attached hydrogen (secondary N) is 1. The summed E-state index contributed by atoms with van der Waals surface area (Å²) in [4.78, 5) is 0. The van der Waals surface area contributed by atoms with Crippen LogP contribution in [0.2, 0.25) is 0 Å². The van der Waals surface area contributed by atoms with Crippen molar-refractivity contribution >= 4 is 11.4 Å². The first kappa shape index (κ1) is 14.0. The Kier molecular flexibility index (Phi) is 5.33. The number of nitrogen functional groups attached to an aromatic ring is 1. The molecule has 106 valence electrons. The van der Waals surface area contributed by atoms with Crippen molar-refractivity contribution in [3.05, 3.63) is 18.2 Å². The molecule has 0 saturated carbocycles. The van der Waals surface area contributed by atoms with Crippen LogP contribution in [-0.2, 0) is 4.74 Å². The number of benzene rings is 1. The van der Waals surface area contributed by atoms with Crippen molar-refractivity contribution in [3.8, 4) is 5.75 Å². The number of nitrogens with two attached hydrogens (primary N) is 1. The van der Waals surface area contributed by atoms with Crippen LogP contribution in [-0.4, -0.2) is 25.9 Å². The van der Waals surface area contributed by atoms with Crippen molar-refractivity contribution in [3.63, 3.8) is 0 Å². The Bertz CT molecular complexity index is 390. The van der Waals surface area contributed by atoms with Crippen molar-refractivity contribution < 1.29 is 9.47 Å². The number of hydrogen-bond donors (Lipinski definition) is 2. The van der Waals surface area contributed by atoms with E-state index < -0.39 is 0 Å². The molecule has 2 rings (SSSR count). The molecule has 1 unspecified atom stereocenters. The molecule has 0 radical (unpaired) electrons. The monoisotopic (exact) mass is 264 g/mol. The fourth-order valence-electron chi connectivity index (χ4n) is 2.23. The molecule has 4 nitrogen and oxygen atoms in total.